The quantitative estimate of drug-likeness (QED) is 0.857. The lowest BCUT2D eigenvalue weighted by Gasteiger charge is -2.05. The van der Waals surface area contributed by atoms with Gasteiger partial charge in [-0.05, 0) is 30.2 Å². The van der Waals surface area contributed by atoms with E-state index >= 15 is 0 Å². The van der Waals surface area contributed by atoms with Gasteiger partial charge in [-0.2, -0.15) is 0 Å². The highest BCUT2D eigenvalue weighted by Gasteiger charge is 2.01. The number of nitrogens with one attached hydrogen (secondary N) is 1. The van der Waals surface area contributed by atoms with E-state index in [9.17, 15) is 0 Å². The van der Waals surface area contributed by atoms with Gasteiger partial charge in [-0.25, -0.2) is 4.98 Å². The molecule has 18 heavy (non-hydrogen) atoms. The highest BCUT2D eigenvalue weighted by Crippen LogP contribution is 2.13. The Morgan fingerprint density at radius 3 is 2.61 bits per heavy atom. The van der Waals surface area contributed by atoms with Crippen LogP contribution in [0.15, 0.2) is 30.3 Å². The Bertz CT molecular complexity index is 575. The molecule has 0 spiro atoms. The maximum atomic E-state index is 5.16. The zero-order chi connectivity index (χ0) is 13.0. The molecule has 1 aromatic heterocycles. The minimum absolute atomic E-state index is 0.647. The van der Waals surface area contributed by atoms with E-state index in [1.54, 1.807) is 7.11 Å². The minimum atomic E-state index is 0.647. The predicted octanol–water partition coefficient (Wildman–Crippen LogP) is 3.30. The molecule has 2 rings (SSSR count). The Balaban J connectivity index is 2.22. The third kappa shape index (κ3) is 3.17. The molecule has 0 atom stereocenters. The van der Waals surface area contributed by atoms with Crippen LogP contribution in [0.4, 0.5) is 0 Å². The summed E-state index contributed by atoms with van der Waals surface area (Å²) in [7, 11) is 1.67. The number of nitrogens with zero attached hydrogens (tertiary/aromatic N) is 1. The maximum absolute atomic E-state index is 5.16. The molecular formula is C14H16N2OS. The van der Waals surface area contributed by atoms with Gasteiger partial charge in [0.1, 0.15) is 16.2 Å². The van der Waals surface area contributed by atoms with Crippen LogP contribution in [0.25, 0.3) is 0 Å². The molecule has 0 unspecified atom stereocenters. The third-order valence-corrected chi connectivity index (χ3v) is 2.97. The van der Waals surface area contributed by atoms with Crippen molar-refractivity contribution in [2.45, 2.75) is 19.8 Å². The molecule has 2 aromatic rings. The van der Waals surface area contributed by atoms with Gasteiger partial charge in [-0.15, -0.1) is 0 Å². The fraction of sp³-hybridized carbons (Fsp3) is 0.286. The summed E-state index contributed by atoms with van der Waals surface area (Å²) in [4.78, 5) is 7.65. The summed E-state index contributed by atoms with van der Waals surface area (Å²) in [6.45, 7) is 2.10. The third-order valence-electron chi connectivity index (χ3n) is 2.76. The van der Waals surface area contributed by atoms with E-state index in [0.717, 1.165) is 30.1 Å². The van der Waals surface area contributed by atoms with Crippen molar-refractivity contribution in [3.63, 3.8) is 0 Å². The second-order valence-corrected chi connectivity index (χ2v) is 4.49. The number of aryl methyl sites for hydroxylation is 1. The van der Waals surface area contributed by atoms with Gasteiger partial charge in [0.2, 0.25) is 0 Å². The first-order valence-corrected chi connectivity index (χ1v) is 6.34. The smallest absolute Gasteiger partial charge is 0.130 e. The van der Waals surface area contributed by atoms with Crippen LogP contribution in [0, 0.1) is 4.64 Å². The van der Waals surface area contributed by atoms with Crippen molar-refractivity contribution in [3.8, 4) is 5.75 Å². The second kappa shape index (κ2) is 5.78. The van der Waals surface area contributed by atoms with Gasteiger partial charge in [0.15, 0.2) is 0 Å². The lowest BCUT2D eigenvalue weighted by Crippen LogP contribution is -2.00. The van der Waals surface area contributed by atoms with E-state index in [2.05, 4.69) is 16.9 Å². The van der Waals surface area contributed by atoms with Gasteiger partial charge in [0, 0.05) is 12.1 Å². The molecule has 0 aliphatic carbocycles. The Hall–Kier alpha value is -1.68. The summed E-state index contributed by atoms with van der Waals surface area (Å²) in [6.07, 6.45) is 1.68. The van der Waals surface area contributed by atoms with Crippen LogP contribution in [0.3, 0.4) is 0 Å². The number of methoxy groups -OCH3 is 1. The summed E-state index contributed by atoms with van der Waals surface area (Å²) in [6, 6.07) is 9.89. The Morgan fingerprint density at radius 2 is 2.00 bits per heavy atom. The van der Waals surface area contributed by atoms with Gasteiger partial charge in [-0.3, -0.25) is 0 Å². The van der Waals surface area contributed by atoms with Crippen LogP contribution in [-0.2, 0) is 12.8 Å². The molecule has 3 nitrogen and oxygen atoms in total. The normalized spacial score (nSPS) is 10.3. The van der Waals surface area contributed by atoms with E-state index in [1.807, 2.05) is 30.3 Å². The average molecular weight is 260 g/mol. The molecular weight excluding hydrogens is 244 g/mol. The largest absolute Gasteiger partial charge is 0.497 e. The lowest BCUT2D eigenvalue weighted by atomic mass is 10.1. The molecule has 0 amide bonds. The van der Waals surface area contributed by atoms with Gasteiger partial charge in [0.25, 0.3) is 0 Å². The first-order chi connectivity index (χ1) is 8.71. The molecule has 1 N–H and O–H groups in total. The van der Waals surface area contributed by atoms with E-state index in [0.29, 0.717) is 4.64 Å². The SMILES string of the molecule is CCc1cc(=S)nc(Cc2ccc(OC)cc2)[nH]1. The van der Waals surface area contributed by atoms with E-state index in [1.165, 1.54) is 5.56 Å². The number of rotatable bonds is 4. The minimum Gasteiger partial charge on any atom is -0.497 e. The highest BCUT2D eigenvalue weighted by molar-refractivity contribution is 7.71. The molecule has 0 radical (unpaired) electrons. The summed E-state index contributed by atoms with van der Waals surface area (Å²) >= 11 is 5.16. The molecule has 0 saturated heterocycles. The zero-order valence-corrected chi connectivity index (χ0v) is 11.4. The molecule has 0 aliphatic rings. The molecule has 4 heteroatoms. The van der Waals surface area contributed by atoms with Crippen molar-refractivity contribution in [1.82, 2.24) is 9.97 Å². The molecule has 0 fully saturated rings. The molecule has 94 valence electrons. The molecule has 0 bridgehead atoms. The Labute approximate surface area is 112 Å². The van der Waals surface area contributed by atoms with Crippen LogP contribution in [0.1, 0.15) is 24.0 Å². The van der Waals surface area contributed by atoms with Crippen LogP contribution >= 0.6 is 12.2 Å². The van der Waals surface area contributed by atoms with E-state index in [4.69, 9.17) is 17.0 Å². The topological polar surface area (TPSA) is 37.9 Å². The summed E-state index contributed by atoms with van der Waals surface area (Å²) < 4.78 is 5.78. The van der Waals surface area contributed by atoms with Crippen LogP contribution < -0.4 is 4.74 Å². The number of aromatic amines is 1. The number of ether oxygens (including phenoxy) is 1. The van der Waals surface area contributed by atoms with Crippen LogP contribution in [-0.4, -0.2) is 17.1 Å². The fourth-order valence-electron chi connectivity index (χ4n) is 1.77. The summed E-state index contributed by atoms with van der Waals surface area (Å²) in [5.74, 6) is 1.77. The van der Waals surface area contributed by atoms with Gasteiger partial charge < -0.3 is 9.72 Å². The van der Waals surface area contributed by atoms with Crippen molar-refractivity contribution in [1.29, 1.82) is 0 Å². The highest BCUT2D eigenvalue weighted by atomic mass is 32.1. The van der Waals surface area contributed by atoms with Gasteiger partial charge >= 0.3 is 0 Å². The number of hydrogen-bond donors (Lipinski definition) is 1. The van der Waals surface area contributed by atoms with Crippen molar-refractivity contribution in [2.24, 2.45) is 0 Å². The van der Waals surface area contributed by atoms with Crippen molar-refractivity contribution < 1.29 is 4.74 Å². The second-order valence-electron chi connectivity index (χ2n) is 4.07. The fourth-order valence-corrected chi connectivity index (χ4v) is 2.03. The standard InChI is InChI=1S/C14H16N2OS/c1-3-11-9-14(18)16-13(15-11)8-10-4-6-12(17-2)7-5-10/h4-7,9H,3,8H2,1-2H3,(H,15,16,18). The Morgan fingerprint density at radius 1 is 1.28 bits per heavy atom. The molecule has 0 saturated carbocycles. The summed E-state index contributed by atoms with van der Waals surface area (Å²) in [5.41, 5.74) is 2.31. The van der Waals surface area contributed by atoms with Crippen molar-refractivity contribution in [2.75, 3.05) is 7.11 Å². The monoisotopic (exact) mass is 260 g/mol. The molecule has 1 aromatic carbocycles. The number of aromatic nitrogens is 2. The number of H-pyrrole nitrogens is 1. The molecule has 0 aliphatic heterocycles. The maximum Gasteiger partial charge on any atom is 0.130 e. The first kappa shape index (κ1) is 12.8. The average Bonchev–Trinajstić information content (AvgIpc) is 2.39. The first-order valence-electron chi connectivity index (χ1n) is 5.93. The predicted molar refractivity (Wildman–Crippen MR) is 74.6 cm³/mol. The van der Waals surface area contributed by atoms with Crippen LogP contribution in [0.5, 0.6) is 5.75 Å². The zero-order valence-electron chi connectivity index (χ0n) is 10.6. The number of benzene rings is 1. The number of hydrogen-bond acceptors (Lipinski definition) is 3. The lowest BCUT2D eigenvalue weighted by molar-refractivity contribution is 0.414. The Kier molecular flexibility index (Phi) is 4.10. The van der Waals surface area contributed by atoms with Crippen LogP contribution in [0.2, 0.25) is 0 Å². The van der Waals surface area contributed by atoms with E-state index < -0.39 is 0 Å². The van der Waals surface area contributed by atoms with Gasteiger partial charge in [0.05, 0.1) is 7.11 Å². The van der Waals surface area contributed by atoms with E-state index in [-0.39, 0.29) is 0 Å². The van der Waals surface area contributed by atoms with Crippen molar-refractivity contribution >= 4 is 12.2 Å². The molecule has 1 heterocycles. The van der Waals surface area contributed by atoms with Crippen molar-refractivity contribution in [3.05, 3.63) is 52.1 Å². The summed E-state index contributed by atoms with van der Waals surface area (Å²) in [5, 5.41) is 0. The van der Waals surface area contributed by atoms with Gasteiger partial charge in [-0.1, -0.05) is 31.3 Å².